The fraction of sp³-hybridized carbons (Fsp3) is 0.208. The van der Waals surface area contributed by atoms with E-state index in [1.165, 1.54) is 6.33 Å². The van der Waals surface area contributed by atoms with Crippen LogP contribution in [0, 0.1) is 34.6 Å². The number of nitrogens with one attached hydrogen (secondary N) is 1. The summed E-state index contributed by atoms with van der Waals surface area (Å²) in [6.07, 6.45) is 1.42. The van der Waals surface area contributed by atoms with E-state index in [0.29, 0.717) is 23.1 Å². The third-order valence-corrected chi connectivity index (χ3v) is 6.99. The number of benzene rings is 2. The van der Waals surface area contributed by atoms with Crippen LogP contribution < -0.4 is 9.46 Å². The summed E-state index contributed by atoms with van der Waals surface area (Å²) in [5, 5.41) is 4.51. The molecule has 0 saturated carbocycles. The second-order valence-electron chi connectivity index (χ2n) is 7.90. The van der Waals surface area contributed by atoms with Crippen molar-refractivity contribution in [2.75, 3.05) is 4.72 Å². The summed E-state index contributed by atoms with van der Waals surface area (Å²) in [5.74, 6) is 1.47. The van der Waals surface area contributed by atoms with Crippen molar-refractivity contribution in [2.45, 2.75) is 39.5 Å². The number of rotatable bonds is 6. The minimum Gasteiger partial charge on any atom is -0.439 e. The molecule has 0 saturated heterocycles. The number of nitrogens with zero attached hydrogens (tertiary/aromatic N) is 4. The normalized spacial score (nSPS) is 11.4. The standard InChI is InChI=1S/C24H25N5O3S/c1-15-6-11-22(12-16(15)2)33(30,31)28-20-7-9-21(10-8-20)32-24-13-23(25-14-26-24)29-19(5)17(3)18(4)27-29/h6-14,28H,1-5H3. The van der Waals surface area contributed by atoms with Gasteiger partial charge in [-0.15, -0.1) is 0 Å². The van der Waals surface area contributed by atoms with Crippen molar-refractivity contribution in [3.05, 3.63) is 82.9 Å². The van der Waals surface area contributed by atoms with E-state index >= 15 is 0 Å². The Morgan fingerprint density at radius 3 is 2.24 bits per heavy atom. The Morgan fingerprint density at radius 2 is 1.61 bits per heavy atom. The summed E-state index contributed by atoms with van der Waals surface area (Å²) in [5.41, 5.74) is 5.43. The van der Waals surface area contributed by atoms with Gasteiger partial charge in [-0.05, 0) is 87.7 Å². The average molecular weight is 464 g/mol. The molecule has 33 heavy (non-hydrogen) atoms. The van der Waals surface area contributed by atoms with E-state index in [1.807, 2.05) is 34.6 Å². The molecule has 0 aliphatic rings. The lowest BCUT2D eigenvalue weighted by Gasteiger charge is -2.11. The second kappa shape index (κ2) is 8.67. The topological polar surface area (TPSA) is 99.0 Å². The van der Waals surface area contributed by atoms with Crippen molar-refractivity contribution in [1.82, 2.24) is 19.7 Å². The fourth-order valence-corrected chi connectivity index (χ4v) is 4.40. The molecule has 0 aliphatic heterocycles. The van der Waals surface area contributed by atoms with Gasteiger partial charge in [0.25, 0.3) is 10.0 Å². The summed E-state index contributed by atoms with van der Waals surface area (Å²) in [6.45, 7) is 9.78. The number of ether oxygens (including phenoxy) is 1. The summed E-state index contributed by atoms with van der Waals surface area (Å²) in [4.78, 5) is 8.69. The number of aryl methyl sites for hydroxylation is 3. The minimum atomic E-state index is -3.69. The lowest BCUT2D eigenvalue weighted by atomic mass is 10.1. The summed E-state index contributed by atoms with van der Waals surface area (Å²) < 4.78 is 35.6. The molecule has 1 N–H and O–H groups in total. The summed E-state index contributed by atoms with van der Waals surface area (Å²) in [6, 6.07) is 13.4. The third kappa shape index (κ3) is 4.73. The molecule has 0 bridgehead atoms. The van der Waals surface area contributed by atoms with E-state index in [4.69, 9.17) is 4.74 Å². The zero-order valence-corrected chi connectivity index (χ0v) is 19.9. The van der Waals surface area contributed by atoms with Crippen LogP contribution in [-0.2, 0) is 10.0 Å². The van der Waals surface area contributed by atoms with Gasteiger partial charge in [-0.25, -0.2) is 23.1 Å². The lowest BCUT2D eigenvalue weighted by molar-refractivity contribution is 0.460. The third-order valence-electron chi connectivity index (χ3n) is 5.62. The Balaban J connectivity index is 1.50. The molecule has 0 unspecified atom stereocenters. The number of sulfonamides is 1. The zero-order chi connectivity index (χ0) is 23.8. The second-order valence-corrected chi connectivity index (χ2v) is 9.58. The lowest BCUT2D eigenvalue weighted by Crippen LogP contribution is -2.13. The van der Waals surface area contributed by atoms with Gasteiger partial charge in [-0.1, -0.05) is 6.07 Å². The summed E-state index contributed by atoms with van der Waals surface area (Å²) >= 11 is 0. The Hall–Kier alpha value is -3.72. The highest BCUT2D eigenvalue weighted by atomic mass is 32.2. The highest BCUT2D eigenvalue weighted by molar-refractivity contribution is 7.92. The molecule has 0 spiro atoms. The monoisotopic (exact) mass is 463 g/mol. The first-order valence-corrected chi connectivity index (χ1v) is 11.9. The van der Waals surface area contributed by atoms with Gasteiger partial charge in [-0.2, -0.15) is 5.10 Å². The van der Waals surface area contributed by atoms with E-state index in [2.05, 4.69) is 19.8 Å². The Bertz CT molecular complexity index is 1430. The summed E-state index contributed by atoms with van der Waals surface area (Å²) in [7, 11) is -3.69. The smallest absolute Gasteiger partial charge is 0.261 e. The highest BCUT2D eigenvalue weighted by Gasteiger charge is 2.15. The molecule has 2 heterocycles. The van der Waals surface area contributed by atoms with Gasteiger partial charge in [0, 0.05) is 17.4 Å². The SMILES string of the molecule is Cc1ccc(S(=O)(=O)Nc2ccc(Oc3cc(-n4nc(C)c(C)c4C)ncn3)cc2)cc1C. The van der Waals surface area contributed by atoms with Crippen molar-refractivity contribution < 1.29 is 13.2 Å². The van der Waals surface area contributed by atoms with Crippen LogP contribution >= 0.6 is 0 Å². The largest absolute Gasteiger partial charge is 0.439 e. The molecular formula is C24H25N5O3S. The highest BCUT2D eigenvalue weighted by Crippen LogP contribution is 2.25. The molecule has 2 aromatic heterocycles. The van der Waals surface area contributed by atoms with Crippen LogP contribution in [0.3, 0.4) is 0 Å². The van der Waals surface area contributed by atoms with Crippen LogP contribution in [0.4, 0.5) is 5.69 Å². The van der Waals surface area contributed by atoms with Crippen molar-refractivity contribution in [3.8, 4) is 17.4 Å². The number of anilines is 1. The number of hydrogen-bond donors (Lipinski definition) is 1. The maximum atomic E-state index is 12.7. The molecule has 0 radical (unpaired) electrons. The number of aromatic nitrogens is 4. The van der Waals surface area contributed by atoms with E-state index in [1.54, 1.807) is 53.2 Å². The first-order chi connectivity index (χ1) is 15.6. The molecule has 8 nitrogen and oxygen atoms in total. The zero-order valence-electron chi connectivity index (χ0n) is 19.1. The van der Waals surface area contributed by atoms with Gasteiger partial charge in [0.15, 0.2) is 5.82 Å². The van der Waals surface area contributed by atoms with E-state index < -0.39 is 10.0 Å². The van der Waals surface area contributed by atoms with E-state index in [9.17, 15) is 8.42 Å². The van der Waals surface area contributed by atoms with Gasteiger partial charge in [-0.3, -0.25) is 4.72 Å². The van der Waals surface area contributed by atoms with Crippen molar-refractivity contribution in [3.63, 3.8) is 0 Å². The van der Waals surface area contributed by atoms with E-state index in [-0.39, 0.29) is 4.90 Å². The maximum Gasteiger partial charge on any atom is 0.261 e. The molecule has 2 aromatic carbocycles. The van der Waals surface area contributed by atoms with Crippen LogP contribution in [0.1, 0.15) is 28.1 Å². The van der Waals surface area contributed by atoms with Crippen LogP contribution in [0.5, 0.6) is 11.6 Å². The molecule has 0 amide bonds. The average Bonchev–Trinajstić information content (AvgIpc) is 3.04. The molecule has 4 aromatic rings. The Morgan fingerprint density at radius 1 is 0.879 bits per heavy atom. The van der Waals surface area contributed by atoms with Crippen LogP contribution in [0.25, 0.3) is 5.82 Å². The quantitative estimate of drug-likeness (QED) is 0.441. The number of hydrogen-bond acceptors (Lipinski definition) is 6. The minimum absolute atomic E-state index is 0.221. The van der Waals surface area contributed by atoms with Crippen LogP contribution in [0.15, 0.2) is 59.8 Å². The van der Waals surface area contributed by atoms with Gasteiger partial charge in [0.2, 0.25) is 5.88 Å². The Labute approximate surface area is 193 Å². The predicted molar refractivity (Wildman–Crippen MR) is 127 cm³/mol. The van der Waals surface area contributed by atoms with E-state index in [0.717, 1.165) is 28.1 Å². The van der Waals surface area contributed by atoms with Gasteiger partial charge in [0.05, 0.1) is 10.6 Å². The predicted octanol–water partition coefficient (Wildman–Crippen LogP) is 4.80. The van der Waals surface area contributed by atoms with Gasteiger partial charge in [0.1, 0.15) is 12.1 Å². The first-order valence-electron chi connectivity index (χ1n) is 10.4. The molecule has 9 heteroatoms. The maximum absolute atomic E-state index is 12.7. The van der Waals surface area contributed by atoms with Crippen LogP contribution in [-0.4, -0.2) is 28.2 Å². The Kier molecular flexibility index (Phi) is 5.90. The molecule has 0 atom stereocenters. The van der Waals surface area contributed by atoms with Gasteiger partial charge < -0.3 is 4.74 Å². The molecule has 0 fully saturated rings. The van der Waals surface area contributed by atoms with Gasteiger partial charge >= 0.3 is 0 Å². The van der Waals surface area contributed by atoms with Crippen molar-refractivity contribution in [2.24, 2.45) is 0 Å². The fourth-order valence-electron chi connectivity index (χ4n) is 3.25. The first kappa shape index (κ1) is 22.5. The molecule has 4 rings (SSSR count). The van der Waals surface area contributed by atoms with Crippen molar-refractivity contribution >= 4 is 15.7 Å². The van der Waals surface area contributed by atoms with Crippen LogP contribution in [0.2, 0.25) is 0 Å². The molecular weight excluding hydrogens is 438 g/mol. The molecule has 0 aliphatic carbocycles. The van der Waals surface area contributed by atoms with Crippen molar-refractivity contribution in [1.29, 1.82) is 0 Å². The molecule has 170 valence electrons.